The molecule has 6 heteroatoms. The van der Waals surface area contributed by atoms with Crippen molar-refractivity contribution in [3.63, 3.8) is 0 Å². The second kappa shape index (κ2) is 7.88. The van der Waals surface area contributed by atoms with Crippen LogP contribution in [0.25, 0.3) is 0 Å². The zero-order valence-corrected chi connectivity index (χ0v) is 13.4. The number of pyridine rings is 1. The summed E-state index contributed by atoms with van der Waals surface area (Å²) in [6.45, 7) is 4.36. The number of halogens is 1. The highest BCUT2D eigenvalue weighted by molar-refractivity contribution is 5.93. The summed E-state index contributed by atoms with van der Waals surface area (Å²) >= 11 is 0. The Morgan fingerprint density at radius 2 is 1.88 bits per heavy atom. The number of hydrogen-bond acceptors (Lipinski definition) is 4. The summed E-state index contributed by atoms with van der Waals surface area (Å²) < 4.78 is 18.4. The molecule has 0 radical (unpaired) electrons. The van der Waals surface area contributed by atoms with Crippen molar-refractivity contribution in [1.82, 2.24) is 14.8 Å². The fraction of sp³-hybridized carbons (Fsp3) is 0.333. The van der Waals surface area contributed by atoms with Crippen molar-refractivity contribution in [2.75, 3.05) is 39.3 Å². The van der Waals surface area contributed by atoms with Gasteiger partial charge in [0.2, 0.25) is 0 Å². The summed E-state index contributed by atoms with van der Waals surface area (Å²) in [5.74, 6) is 0.434. The number of rotatable bonds is 5. The van der Waals surface area contributed by atoms with Crippen LogP contribution in [0.1, 0.15) is 10.4 Å². The molecule has 0 aliphatic carbocycles. The Bertz CT molecular complexity index is 656. The van der Waals surface area contributed by atoms with Crippen LogP contribution in [-0.2, 0) is 0 Å². The summed E-state index contributed by atoms with van der Waals surface area (Å²) in [6, 6.07) is 9.59. The van der Waals surface area contributed by atoms with E-state index >= 15 is 0 Å². The Balaban J connectivity index is 1.40. The first-order chi connectivity index (χ1) is 11.7. The Hall–Kier alpha value is -2.47. The molecule has 1 saturated heterocycles. The van der Waals surface area contributed by atoms with Gasteiger partial charge < -0.3 is 9.64 Å². The van der Waals surface area contributed by atoms with Crippen LogP contribution in [-0.4, -0.2) is 60.0 Å². The van der Waals surface area contributed by atoms with E-state index in [-0.39, 0.29) is 11.7 Å². The van der Waals surface area contributed by atoms with Gasteiger partial charge >= 0.3 is 0 Å². The molecule has 0 atom stereocenters. The maximum atomic E-state index is 12.8. The molecule has 0 saturated carbocycles. The lowest BCUT2D eigenvalue weighted by molar-refractivity contribution is 0.0620. The summed E-state index contributed by atoms with van der Waals surface area (Å²) in [6.07, 6.45) is 3.26. The predicted molar refractivity (Wildman–Crippen MR) is 88.5 cm³/mol. The highest BCUT2D eigenvalue weighted by Crippen LogP contribution is 2.12. The molecule has 1 aliphatic rings. The van der Waals surface area contributed by atoms with Crippen molar-refractivity contribution in [2.24, 2.45) is 0 Å². The topological polar surface area (TPSA) is 45.7 Å². The molecule has 0 unspecified atom stereocenters. The molecule has 0 N–H and O–H groups in total. The average Bonchev–Trinajstić information content (AvgIpc) is 2.64. The van der Waals surface area contributed by atoms with E-state index in [1.807, 2.05) is 4.90 Å². The van der Waals surface area contributed by atoms with Gasteiger partial charge in [-0.2, -0.15) is 0 Å². The molecule has 2 heterocycles. The molecule has 1 aliphatic heterocycles. The maximum Gasteiger partial charge on any atom is 0.255 e. The predicted octanol–water partition coefficient (Wildman–Crippen LogP) is 2.06. The fourth-order valence-corrected chi connectivity index (χ4v) is 2.67. The van der Waals surface area contributed by atoms with Gasteiger partial charge in [-0.1, -0.05) is 0 Å². The van der Waals surface area contributed by atoms with E-state index in [0.717, 1.165) is 19.6 Å². The number of ether oxygens (including phenoxy) is 1. The molecule has 1 aromatic heterocycles. The molecule has 1 fully saturated rings. The highest BCUT2D eigenvalue weighted by Gasteiger charge is 2.21. The van der Waals surface area contributed by atoms with Crippen molar-refractivity contribution < 1.29 is 13.9 Å². The van der Waals surface area contributed by atoms with Crippen LogP contribution in [0.3, 0.4) is 0 Å². The Morgan fingerprint density at radius 1 is 1.12 bits per heavy atom. The number of carbonyl (C=O) groups excluding carboxylic acids is 1. The third-order valence-electron chi connectivity index (χ3n) is 4.06. The molecule has 126 valence electrons. The van der Waals surface area contributed by atoms with Gasteiger partial charge in [0.1, 0.15) is 18.2 Å². The van der Waals surface area contributed by atoms with Gasteiger partial charge in [-0.05, 0) is 36.4 Å². The summed E-state index contributed by atoms with van der Waals surface area (Å²) in [5.41, 5.74) is 0.630. The molecule has 0 spiro atoms. The number of hydrogen-bond donors (Lipinski definition) is 0. The van der Waals surface area contributed by atoms with Crippen LogP contribution in [0.5, 0.6) is 5.75 Å². The molecule has 1 amide bonds. The van der Waals surface area contributed by atoms with E-state index in [2.05, 4.69) is 9.88 Å². The zero-order chi connectivity index (χ0) is 16.8. The van der Waals surface area contributed by atoms with Crippen LogP contribution >= 0.6 is 0 Å². The summed E-state index contributed by atoms with van der Waals surface area (Å²) in [4.78, 5) is 20.5. The minimum absolute atomic E-state index is 0.0327. The number of benzene rings is 1. The first kappa shape index (κ1) is 16.4. The Morgan fingerprint density at radius 3 is 2.54 bits per heavy atom. The standard InChI is InChI=1S/C18H20FN3O2/c19-16-3-5-17(6-4-16)24-13-12-21-8-10-22(11-9-21)18(23)15-2-1-7-20-14-15/h1-7,14H,8-13H2. The maximum absolute atomic E-state index is 12.8. The number of piperazine rings is 1. The molecular formula is C18H20FN3O2. The lowest BCUT2D eigenvalue weighted by Gasteiger charge is -2.34. The smallest absolute Gasteiger partial charge is 0.255 e. The van der Waals surface area contributed by atoms with Gasteiger partial charge in [0, 0.05) is 45.1 Å². The second-order valence-corrected chi connectivity index (χ2v) is 5.68. The monoisotopic (exact) mass is 329 g/mol. The van der Waals surface area contributed by atoms with E-state index in [1.165, 1.54) is 12.1 Å². The Labute approximate surface area is 140 Å². The third-order valence-corrected chi connectivity index (χ3v) is 4.06. The second-order valence-electron chi connectivity index (χ2n) is 5.68. The quantitative estimate of drug-likeness (QED) is 0.842. The first-order valence-electron chi connectivity index (χ1n) is 8.02. The van der Waals surface area contributed by atoms with Crippen molar-refractivity contribution >= 4 is 5.91 Å². The van der Waals surface area contributed by atoms with Gasteiger partial charge in [-0.3, -0.25) is 14.7 Å². The number of aromatic nitrogens is 1. The molecule has 1 aromatic carbocycles. The number of carbonyl (C=O) groups is 1. The van der Waals surface area contributed by atoms with Gasteiger partial charge in [0.25, 0.3) is 5.91 Å². The zero-order valence-electron chi connectivity index (χ0n) is 13.4. The fourth-order valence-electron chi connectivity index (χ4n) is 2.67. The van der Waals surface area contributed by atoms with Crippen LogP contribution in [0.2, 0.25) is 0 Å². The minimum atomic E-state index is -0.267. The van der Waals surface area contributed by atoms with Gasteiger partial charge in [-0.15, -0.1) is 0 Å². The summed E-state index contributed by atoms with van der Waals surface area (Å²) in [7, 11) is 0. The van der Waals surface area contributed by atoms with Crippen molar-refractivity contribution in [2.45, 2.75) is 0 Å². The number of amides is 1. The van der Waals surface area contributed by atoms with E-state index < -0.39 is 0 Å². The van der Waals surface area contributed by atoms with Gasteiger partial charge in [-0.25, -0.2) is 4.39 Å². The molecule has 0 bridgehead atoms. The Kier molecular flexibility index (Phi) is 5.38. The number of nitrogens with zero attached hydrogens (tertiary/aromatic N) is 3. The van der Waals surface area contributed by atoms with E-state index in [9.17, 15) is 9.18 Å². The lowest BCUT2D eigenvalue weighted by atomic mass is 10.2. The van der Waals surface area contributed by atoms with E-state index in [4.69, 9.17) is 4.74 Å². The molecule has 24 heavy (non-hydrogen) atoms. The normalized spacial score (nSPS) is 15.3. The van der Waals surface area contributed by atoms with Gasteiger partial charge in [0.05, 0.1) is 5.56 Å². The van der Waals surface area contributed by atoms with Crippen LogP contribution in [0.15, 0.2) is 48.8 Å². The summed E-state index contributed by atoms with van der Waals surface area (Å²) in [5, 5.41) is 0. The van der Waals surface area contributed by atoms with Crippen molar-refractivity contribution in [3.8, 4) is 5.75 Å². The van der Waals surface area contributed by atoms with Crippen molar-refractivity contribution in [1.29, 1.82) is 0 Å². The molecule has 5 nitrogen and oxygen atoms in total. The van der Waals surface area contributed by atoms with Crippen LogP contribution in [0, 0.1) is 5.82 Å². The van der Waals surface area contributed by atoms with E-state index in [0.29, 0.717) is 31.0 Å². The SMILES string of the molecule is O=C(c1cccnc1)N1CCN(CCOc2ccc(F)cc2)CC1. The first-order valence-corrected chi connectivity index (χ1v) is 8.02. The highest BCUT2D eigenvalue weighted by atomic mass is 19.1. The molecule has 2 aromatic rings. The average molecular weight is 329 g/mol. The largest absolute Gasteiger partial charge is 0.492 e. The van der Waals surface area contributed by atoms with Crippen LogP contribution < -0.4 is 4.74 Å². The minimum Gasteiger partial charge on any atom is -0.492 e. The third kappa shape index (κ3) is 4.29. The lowest BCUT2D eigenvalue weighted by Crippen LogP contribution is -2.49. The molecule has 3 rings (SSSR count). The van der Waals surface area contributed by atoms with Crippen molar-refractivity contribution in [3.05, 3.63) is 60.2 Å². The molecular weight excluding hydrogens is 309 g/mol. The van der Waals surface area contributed by atoms with E-state index in [1.54, 1.807) is 36.7 Å². The van der Waals surface area contributed by atoms with Gasteiger partial charge in [0.15, 0.2) is 0 Å². The van der Waals surface area contributed by atoms with Crippen LogP contribution in [0.4, 0.5) is 4.39 Å².